The summed E-state index contributed by atoms with van der Waals surface area (Å²) in [6.45, 7) is 4.46. The molecule has 1 aliphatic heterocycles. The van der Waals surface area contributed by atoms with Crippen LogP contribution in [0.4, 0.5) is 0 Å². The third kappa shape index (κ3) is 2.70. The lowest BCUT2D eigenvalue weighted by Crippen LogP contribution is -2.36. The number of hydrogen-bond acceptors (Lipinski definition) is 2. The molecule has 1 aromatic carbocycles. The first kappa shape index (κ1) is 11.3. The SMILES string of the molecule is C[C@H]1CCCCN1Cc1cccc(C=O)c1. The van der Waals surface area contributed by atoms with Crippen molar-refractivity contribution in [2.45, 2.75) is 38.8 Å². The molecule has 1 aliphatic rings. The second kappa shape index (κ2) is 5.26. The first-order valence-electron chi connectivity index (χ1n) is 6.08. The number of likely N-dealkylation sites (tertiary alicyclic amines) is 1. The molecule has 2 nitrogen and oxygen atoms in total. The zero-order valence-electron chi connectivity index (χ0n) is 9.86. The molecule has 0 amide bonds. The molecule has 0 saturated carbocycles. The largest absolute Gasteiger partial charge is 0.298 e. The Balaban J connectivity index is 2.04. The van der Waals surface area contributed by atoms with Crippen LogP contribution in [0.15, 0.2) is 24.3 Å². The molecule has 16 heavy (non-hydrogen) atoms. The fourth-order valence-corrected chi connectivity index (χ4v) is 2.39. The van der Waals surface area contributed by atoms with E-state index in [1.807, 2.05) is 18.2 Å². The Bertz CT molecular complexity index is 362. The summed E-state index contributed by atoms with van der Waals surface area (Å²) in [6, 6.07) is 8.60. The average Bonchev–Trinajstić information content (AvgIpc) is 2.32. The second-order valence-electron chi connectivity index (χ2n) is 4.68. The molecule has 1 fully saturated rings. The minimum Gasteiger partial charge on any atom is -0.298 e. The smallest absolute Gasteiger partial charge is 0.150 e. The number of hydrogen-bond donors (Lipinski definition) is 0. The van der Waals surface area contributed by atoms with Crippen molar-refractivity contribution >= 4 is 6.29 Å². The van der Waals surface area contributed by atoms with Crippen LogP contribution in [0.3, 0.4) is 0 Å². The minimum absolute atomic E-state index is 0.675. The fourth-order valence-electron chi connectivity index (χ4n) is 2.39. The summed E-state index contributed by atoms with van der Waals surface area (Å²) in [4.78, 5) is 13.2. The maximum absolute atomic E-state index is 10.7. The lowest BCUT2D eigenvalue weighted by atomic mass is 10.0. The Morgan fingerprint density at radius 2 is 2.31 bits per heavy atom. The molecular weight excluding hydrogens is 198 g/mol. The van der Waals surface area contributed by atoms with Gasteiger partial charge in [-0.25, -0.2) is 0 Å². The highest BCUT2D eigenvalue weighted by Crippen LogP contribution is 2.19. The van der Waals surface area contributed by atoms with Crippen molar-refractivity contribution in [1.29, 1.82) is 0 Å². The van der Waals surface area contributed by atoms with Gasteiger partial charge in [0, 0.05) is 18.2 Å². The van der Waals surface area contributed by atoms with E-state index in [1.54, 1.807) is 0 Å². The van der Waals surface area contributed by atoms with Crippen LogP contribution in [0, 0.1) is 0 Å². The van der Waals surface area contributed by atoms with Gasteiger partial charge in [-0.2, -0.15) is 0 Å². The van der Waals surface area contributed by atoms with Crippen LogP contribution >= 0.6 is 0 Å². The normalized spacial score (nSPS) is 21.9. The number of rotatable bonds is 3. The highest BCUT2D eigenvalue weighted by molar-refractivity contribution is 5.74. The lowest BCUT2D eigenvalue weighted by molar-refractivity contribution is 0.112. The molecule has 0 unspecified atom stereocenters. The molecule has 86 valence electrons. The molecule has 2 rings (SSSR count). The van der Waals surface area contributed by atoms with Gasteiger partial charge < -0.3 is 0 Å². The van der Waals surface area contributed by atoms with Crippen LogP contribution in [0.25, 0.3) is 0 Å². The van der Waals surface area contributed by atoms with Gasteiger partial charge in [0.25, 0.3) is 0 Å². The molecule has 0 N–H and O–H groups in total. The lowest BCUT2D eigenvalue weighted by Gasteiger charge is -2.33. The van der Waals surface area contributed by atoms with E-state index in [-0.39, 0.29) is 0 Å². The van der Waals surface area contributed by atoms with Crippen LogP contribution in [0.5, 0.6) is 0 Å². The molecule has 0 aromatic heterocycles. The number of carbonyl (C=O) groups excluding carboxylic acids is 1. The quantitative estimate of drug-likeness (QED) is 0.726. The van der Waals surface area contributed by atoms with Crippen molar-refractivity contribution in [2.75, 3.05) is 6.54 Å². The van der Waals surface area contributed by atoms with Crippen LogP contribution in [-0.2, 0) is 6.54 Å². The first-order chi connectivity index (χ1) is 7.79. The molecule has 1 saturated heterocycles. The molecular formula is C14H19NO. The Morgan fingerprint density at radius 1 is 1.44 bits per heavy atom. The van der Waals surface area contributed by atoms with E-state index < -0.39 is 0 Å². The monoisotopic (exact) mass is 217 g/mol. The van der Waals surface area contributed by atoms with E-state index in [0.717, 1.165) is 18.4 Å². The van der Waals surface area contributed by atoms with Crippen LogP contribution in [-0.4, -0.2) is 23.8 Å². The Kier molecular flexibility index (Phi) is 3.73. The van der Waals surface area contributed by atoms with Crippen LogP contribution in [0.1, 0.15) is 42.1 Å². The first-order valence-corrected chi connectivity index (χ1v) is 6.08. The maximum atomic E-state index is 10.7. The number of carbonyl (C=O) groups is 1. The maximum Gasteiger partial charge on any atom is 0.150 e. The second-order valence-corrected chi connectivity index (χ2v) is 4.68. The summed E-state index contributed by atoms with van der Waals surface area (Å²) in [5.74, 6) is 0. The standard InChI is InChI=1S/C14H19NO/c1-12-5-2-3-8-15(12)10-13-6-4-7-14(9-13)11-16/h4,6-7,9,11-12H,2-3,5,8,10H2,1H3/t12-/m0/s1. The highest BCUT2D eigenvalue weighted by Gasteiger charge is 2.17. The highest BCUT2D eigenvalue weighted by atomic mass is 16.1. The van der Waals surface area contributed by atoms with Crippen molar-refractivity contribution < 1.29 is 4.79 Å². The van der Waals surface area contributed by atoms with Crippen molar-refractivity contribution in [3.05, 3.63) is 35.4 Å². The molecule has 2 heteroatoms. The van der Waals surface area contributed by atoms with E-state index in [0.29, 0.717) is 6.04 Å². The number of nitrogens with zero attached hydrogens (tertiary/aromatic N) is 1. The van der Waals surface area contributed by atoms with Gasteiger partial charge in [-0.1, -0.05) is 24.6 Å². The predicted molar refractivity (Wildman–Crippen MR) is 65.6 cm³/mol. The van der Waals surface area contributed by atoms with Gasteiger partial charge in [-0.05, 0) is 37.9 Å². The summed E-state index contributed by atoms with van der Waals surface area (Å²) in [6.07, 6.45) is 4.88. The van der Waals surface area contributed by atoms with Gasteiger partial charge in [-0.15, -0.1) is 0 Å². The summed E-state index contributed by atoms with van der Waals surface area (Å²) in [5, 5.41) is 0. The van der Waals surface area contributed by atoms with E-state index in [1.165, 1.54) is 31.4 Å². The summed E-state index contributed by atoms with van der Waals surface area (Å²) >= 11 is 0. The van der Waals surface area contributed by atoms with E-state index in [2.05, 4.69) is 17.9 Å². The van der Waals surface area contributed by atoms with Gasteiger partial charge in [-0.3, -0.25) is 9.69 Å². The summed E-state index contributed by atoms with van der Waals surface area (Å²) < 4.78 is 0. The predicted octanol–water partition coefficient (Wildman–Crippen LogP) is 2.87. The number of aldehydes is 1. The zero-order chi connectivity index (χ0) is 11.4. The fraction of sp³-hybridized carbons (Fsp3) is 0.500. The average molecular weight is 217 g/mol. The molecule has 0 spiro atoms. The Morgan fingerprint density at radius 3 is 3.06 bits per heavy atom. The van der Waals surface area contributed by atoms with E-state index in [4.69, 9.17) is 0 Å². The van der Waals surface area contributed by atoms with Gasteiger partial charge in [0.15, 0.2) is 0 Å². The third-order valence-corrected chi connectivity index (χ3v) is 3.41. The molecule has 1 heterocycles. The van der Waals surface area contributed by atoms with Gasteiger partial charge >= 0.3 is 0 Å². The van der Waals surface area contributed by atoms with Crippen molar-refractivity contribution in [1.82, 2.24) is 4.90 Å². The Labute approximate surface area is 97.3 Å². The van der Waals surface area contributed by atoms with Crippen molar-refractivity contribution in [3.8, 4) is 0 Å². The summed E-state index contributed by atoms with van der Waals surface area (Å²) in [7, 11) is 0. The van der Waals surface area contributed by atoms with Crippen LogP contribution < -0.4 is 0 Å². The van der Waals surface area contributed by atoms with Gasteiger partial charge in [0.1, 0.15) is 6.29 Å². The van der Waals surface area contributed by atoms with E-state index in [9.17, 15) is 4.79 Å². The zero-order valence-corrected chi connectivity index (χ0v) is 9.86. The number of piperidine rings is 1. The minimum atomic E-state index is 0.675. The van der Waals surface area contributed by atoms with Crippen molar-refractivity contribution in [3.63, 3.8) is 0 Å². The molecule has 1 aromatic rings. The van der Waals surface area contributed by atoms with Gasteiger partial charge in [0.05, 0.1) is 0 Å². The van der Waals surface area contributed by atoms with Crippen LogP contribution in [0.2, 0.25) is 0 Å². The molecule has 0 aliphatic carbocycles. The number of benzene rings is 1. The molecule has 1 atom stereocenters. The third-order valence-electron chi connectivity index (χ3n) is 3.41. The van der Waals surface area contributed by atoms with Gasteiger partial charge in [0.2, 0.25) is 0 Å². The molecule has 0 bridgehead atoms. The van der Waals surface area contributed by atoms with E-state index >= 15 is 0 Å². The Hall–Kier alpha value is -1.15. The van der Waals surface area contributed by atoms with Crippen molar-refractivity contribution in [2.24, 2.45) is 0 Å². The summed E-state index contributed by atoms with van der Waals surface area (Å²) in [5.41, 5.74) is 2.03. The molecule has 0 radical (unpaired) electrons. The topological polar surface area (TPSA) is 20.3 Å².